The number of hydrogen-bond donors (Lipinski definition) is 2. The molecule has 1 aliphatic carbocycles. The number of carbonyl (C=O) groups is 1. The lowest BCUT2D eigenvalue weighted by molar-refractivity contribution is 0.0897. The lowest BCUT2D eigenvalue weighted by atomic mass is 9.75. The Balaban J connectivity index is 1.97. The van der Waals surface area contributed by atoms with Gasteiger partial charge in [-0.05, 0) is 36.8 Å². The predicted molar refractivity (Wildman–Crippen MR) is 72.2 cm³/mol. The molecule has 1 unspecified atom stereocenters. The maximum Gasteiger partial charge on any atom is 0.270 e. The second kappa shape index (κ2) is 4.96. The molecule has 1 saturated carbocycles. The van der Waals surface area contributed by atoms with E-state index in [9.17, 15) is 4.79 Å². The summed E-state index contributed by atoms with van der Waals surface area (Å²) in [4.78, 5) is 16.1. The number of nitrogens with one attached hydrogen (secondary N) is 1. The zero-order chi connectivity index (χ0) is 13.2. The van der Waals surface area contributed by atoms with Gasteiger partial charge in [-0.25, -0.2) is 4.98 Å². The quantitative estimate of drug-likeness (QED) is 0.843. The third-order valence-electron chi connectivity index (χ3n) is 3.56. The second-order valence-corrected chi connectivity index (χ2v) is 5.91. The Labute approximate surface area is 108 Å². The molecule has 1 aromatic heterocycles. The van der Waals surface area contributed by atoms with Crippen molar-refractivity contribution in [1.29, 1.82) is 0 Å². The van der Waals surface area contributed by atoms with Gasteiger partial charge in [0, 0.05) is 6.04 Å². The fraction of sp³-hybridized carbons (Fsp3) is 0.571. The van der Waals surface area contributed by atoms with Crippen LogP contribution in [-0.2, 0) is 0 Å². The summed E-state index contributed by atoms with van der Waals surface area (Å²) in [5.41, 5.74) is 6.89. The number of pyridine rings is 1. The third-order valence-corrected chi connectivity index (χ3v) is 3.56. The van der Waals surface area contributed by atoms with Crippen LogP contribution >= 0.6 is 0 Å². The minimum atomic E-state index is -0.0994. The highest BCUT2D eigenvalue weighted by atomic mass is 16.1. The highest BCUT2D eigenvalue weighted by Gasteiger charge is 2.29. The van der Waals surface area contributed by atoms with Crippen molar-refractivity contribution in [2.45, 2.75) is 45.6 Å². The normalized spacial score (nSPS) is 22.4. The summed E-state index contributed by atoms with van der Waals surface area (Å²) in [6, 6.07) is 3.63. The van der Waals surface area contributed by atoms with Crippen LogP contribution in [0.1, 0.15) is 50.0 Å². The maximum atomic E-state index is 12.0. The van der Waals surface area contributed by atoms with Crippen molar-refractivity contribution in [1.82, 2.24) is 10.3 Å². The highest BCUT2D eigenvalue weighted by Crippen LogP contribution is 2.35. The van der Waals surface area contributed by atoms with E-state index >= 15 is 0 Å². The largest absolute Gasteiger partial charge is 0.397 e. The van der Waals surface area contributed by atoms with Crippen molar-refractivity contribution in [3.63, 3.8) is 0 Å². The second-order valence-electron chi connectivity index (χ2n) is 5.91. The number of nitrogens with zero attached hydrogens (tertiary/aromatic N) is 1. The Kier molecular flexibility index (Phi) is 3.55. The van der Waals surface area contributed by atoms with Gasteiger partial charge in [0.2, 0.25) is 0 Å². The van der Waals surface area contributed by atoms with Crippen LogP contribution in [-0.4, -0.2) is 16.9 Å². The van der Waals surface area contributed by atoms with Crippen LogP contribution in [0.15, 0.2) is 18.3 Å². The molecule has 1 fully saturated rings. The van der Waals surface area contributed by atoms with Gasteiger partial charge in [0.25, 0.3) is 5.91 Å². The number of amides is 1. The van der Waals surface area contributed by atoms with E-state index in [1.807, 2.05) is 0 Å². The van der Waals surface area contributed by atoms with Crippen LogP contribution in [0.5, 0.6) is 0 Å². The zero-order valence-corrected chi connectivity index (χ0v) is 11.1. The van der Waals surface area contributed by atoms with Crippen LogP contribution in [0, 0.1) is 5.41 Å². The van der Waals surface area contributed by atoms with E-state index in [2.05, 4.69) is 24.1 Å². The topological polar surface area (TPSA) is 68.0 Å². The molecular formula is C14H21N3O. The van der Waals surface area contributed by atoms with Gasteiger partial charge >= 0.3 is 0 Å². The lowest BCUT2D eigenvalue weighted by Gasteiger charge is -2.35. The molecule has 1 atom stereocenters. The third kappa shape index (κ3) is 3.22. The van der Waals surface area contributed by atoms with E-state index in [0.29, 0.717) is 16.8 Å². The first-order chi connectivity index (χ1) is 8.46. The summed E-state index contributed by atoms with van der Waals surface area (Å²) in [6.45, 7) is 4.51. The fourth-order valence-corrected chi connectivity index (χ4v) is 2.62. The molecule has 98 valence electrons. The number of nitrogens with two attached hydrogens (primary N) is 1. The average Bonchev–Trinajstić information content (AvgIpc) is 2.28. The van der Waals surface area contributed by atoms with Gasteiger partial charge in [-0.1, -0.05) is 20.3 Å². The van der Waals surface area contributed by atoms with Crippen molar-refractivity contribution in [3.8, 4) is 0 Å². The molecule has 0 aromatic carbocycles. The van der Waals surface area contributed by atoms with Crippen molar-refractivity contribution in [2.24, 2.45) is 5.41 Å². The smallest absolute Gasteiger partial charge is 0.270 e. The molecule has 1 aromatic rings. The standard InChI is InChI=1S/C14H21N3O/c1-14(2)7-3-4-11(8-14)17-13(18)12-6-5-10(15)9-16-12/h5-6,9,11H,3-4,7-8,15H2,1-2H3,(H,17,18). The summed E-state index contributed by atoms with van der Waals surface area (Å²) in [5.74, 6) is -0.0994. The predicted octanol–water partition coefficient (Wildman–Crippen LogP) is 2.36. The van der Waals surface area contributed by atoms with Crippen molar-refractivity contribution in [3.05, 3.63) is 24.0 Å². The number of aromatic nitrogens is 1. The molecule has 3 N–H and O–H groups in total. The van der Waals surface area contributed by atoms with E-state index < -0.39 is 0 Å². The summed E-state index contributed by atoms with van der Waals surface area (Å²) in [5, 5.41) is 3.07. The van der Waals surface area contributed by atoms with E-state index in [1.165, 1.54) is 19.0 Å². The molecule has 0 spiro atoms. The Bertz CT molecular complexity index is 425. The molecule has 18 heavy (non-hydrogen) atoms. The lowest BCUT2D eigenvalue weighted by Crippen LogP contribution is -2.40. The molecule has 0 saturated heterocycles. The first-order valence-corrected chi connectivity index (χ1v) is 6.49. The Morgan fingerprint density at radius 2 is 2.28 bits per heavy atom. The highest BCUT2D eigenvalue weighted by molar-refractivity contribution is 5.92. The first kappa shape index (κ1) is 12.9. The molecule has 1 amide bonds. The molecule has 0 aliphatic heterocycles. The molecule has 1 heterocycles. The summed E-state index contributed by atoms with van der Waals surface area (Å²) < 4.78 is 0. The van der Waals surface area contributed by atoms with Crippen LogP contribution in [0.25, 0.3) is 0 Å². The van der Waals surface area contributed by atoms with Gasteiger partial charge in [0.05, 0.1) is 11.9 Å². The molecule has 0 radical (unpaired) electrons. The van der Waals surface area contributed by atoms with Gasteiger partial charge in [-0.3, -0.25) is 4.79 Å². The van der Waals surface area contributed by atoms with Crippen molar-refractivity contribution < 1.29 is 4.79 Å². The minimum absolute atomic E-state index is 0.0994. The number of carbonyl (C=O) groups excluding carboxylic acids is 1. The SMILES string of the molecule is CC1(C)CCCC(NC(=O)c2ccc(N)cn2)C1. The van der Waals surface area contributed by atoms with Gasteiger partial charge in [-0.2, -0.15) is 0 Å². The molecule has 4 nitrogen and oxygen atoms in total. The van der Waals surface area contributed by atoms with Crippen LogP contribution in [0.2, 0.25) is 0 Å². The number of anilines is 1. The van der Waals surface area contributed by atoms with Crippen molar-refractivity contribution in [2.75, 3.05) is 5.73 Å². The van der Waals surface area contributed by atoms with Crippen LogP contribution in [0.4, 0.5) is 5.69 Å². The minimum Gasteiger partial charge on any atom is -0.397 e. The Morgan fingerprint density at radius 1 is 1.50 bits per heavy atom. The first-order valence-electron chi connectivity index (χ1n) is 6.49. The van der Waals surface area contributed by atoms with Crippen LogP contribution in [0.3, 0.4) is 0 Å². The Hall–Kier alpha value is -1.58. The number of nitrogen functional groups attached to an aromatic ring is 1. The molecule has 4 heteroatoms. The van der Waals surface area contributed by atoms with E-state index in [4.69, 9.17) is 5.73 Å². The van der Waals surface area contributed by atoms with Gasteiger partial charge in [-0.15, -0.1) is 0 Å². The van der Waals surface area contributed by atoms with Gasteiger partial charge in [0.15, 0.2) is 0 Å². The number of rotatable bonds is 2. The summed E-state index contributed by atoms with van der Waals surface area (Å²) in [6.07, 6.45) is 6.02. The monoisotopic (exact) mass is 247 g/mol. The molecule has 2 rings (SSSR count). The maximum absolute atomic E-state index is 12.0. The van der Waals surface area contributed by atoms with Gasteiger partial charge in [0.1, 0.15) is 5.69 Å². The molecular weight excluding hydrogens is 226 g/mol. The summed E-state index contributed by atoms with van der Waals surface area (Å²) in [7, 11) is 0. The van der Waals surface area contributed by atoms with E-state index in [0.717, 1.165) is 12.8 Å². The van der Waals surface area contributed by atoms with Crippen molar-refractivity contribution >= 4 is 11.6 Å². The average molecular weight is 247 g/mol. The summed E-state index contributed by atoms with van der Waals surface area (Å²) >= 11 is 0. The van der Waals surface area contributed by atoms with E-state index in [-0.39, 0.29) is 11.9 Å². The fourth-order valence-electron chi connectivity index (χ4n) is 2.62. The molecule has 1 aliphatic rings. The Morgan fingerprint density at radius 3 is 2.89 bits per heavy atom. The van der Waals surface area contributed by atoms with Gasteiger partial charge < -0.3 is 11.1 Å². The number of hydrogen-bond acceptors (Lipinski definition) is 3. The van der Waals surface area contributed by atoms with Crippen LogP contribution < -0.4 is 11.1 Å². The molecule has 0 bridgehead atoms. The zero-order valence-electron chi connectivity index (χ0n) is 11.1. The van der Waals surface area contributed by atoms with E-state index in [1.54, 1.807) is 12.1 Å².